The smallest absolute Gasteiger partial charge is 0.337 e. The fourth-order valence-corrected chi connectivity index (χ4v) is 3.44. The summed E-state index contributed by atoms with van der Waals surface area (Å²) in [6, 6.07) is 11.3. The van der Waals surface area contributed by atoms with E-state index < -0.39 is 17.5 Å². The van der Waals surface area contributed by atoms with Crippen molar-refractivity contribution in [3.05, 3.63) is 59.2 Å². The highest BCUT2D eigenvalue weighted by molar-refractivity contribution is 6.07. The van der Waals surface area contributed by atoms with Crippen molar-refractivity contribution in [3.63, 3.8) is 0 Å². The van der Waals surface area contributed by atoms with Gasteiger partial charge in [0.25, 0.3) is 5.91 Å². The molecule has 0 bridgehead atoms. The van der Waals surface area contributed by atoms with Gasteiger partial charge in [-0.1, -0.05) is 18.2 Å². The number of ether oxygens (including phenoxy) is 3. The average Bonchev–Trinajstić information content (AvgIpc) is 2.97. The summed E-state index contributed by atoms with van der Waals surface area (Å²) in [4.78, 5) is 38.4. The van der Waals surface area contributed by atoms with E-state index in [4.69, 9.17) is 9.47 Å². The Labute approximate surface area is 167 Å². The van der Waals surface area contributed by atoms with Crippen molar-refractivity contribution >= 4 is 17.9 Å². The predicted octanol–water partition coefficient (Wildman–Crippen LogP) is 2.21. The zero-order valence-corrected chi connectivity index (χ0v) is 16.1. The molecule has 29 heavy (non-hydrogen) atoms. The zero-order valence-electron chi connectivity index (χ0n) is 16.1. The number of methoxy groups -OCH3 is 1. The van der Waals surface area contributed by atoms with Crippen LogP contribution < -0.4 is 14.8 Å². The number of carbonyl (C=O) groups is 3. The molecule has 0 spiro atoms. The molecule has 2 aromatic carbocycles. The highest BCUT2D eigenvalue weighted by atomic mass is 16.6. The molecule has 1 fully saturated rings. The number of rotatable bonds is 4. The summed E-state index contributed by atoms with van der Waals surface area (Å²) in [6.45, 7) is 2.66. The minimum atomic E-state index is -1.21. The summed E-state index contributed by atoms with van der Waals surface area (Å²) in [7, 11) is 1.31. The SMILES string of the molecule is COC(=O)c1ccc(CN2C(=O)N[C@@](C)(c3ccc4c(c3)OCCO4)C2=O)cc1. The summed E-state index contributed by atoms with van der Waals surface area (Å²) < 4.78 is 15.8. The van der Waals surface area contributed by atoms with Crippen LogP contribution in [0.15, 0.2) is 42.5 Å². The van der Waals surface area contributed by atoms with E-state index >= 15 is 0 Å². The molecule has 4 rings (SSSR count). The number of fused-ring (bicyclic) bond motifs is 1. The van der Waals surface area contributed by atoms with Crippen LogP contribution in [-0.4, -0.2) is 43.1 Å². The lowest BCUT2D eigenvalue weighted by atomic mass is 9.91. The van der Waals surface area contributed by atoms with Gasteiger partial charge in [-0.05, 0) is 42.3 Å². The van der Waals surface area contributed by atoms with Gasteiger partial charge in [-0.25, -0.2) is 9.59 Å². The number of nitrogens with one attached hydrogen (secondary N) is 1. The monoisotopic (exact) mass is 396 g/mol. The first-order valence-electron chi connectivity index (χ1n) is 9.14. The fraction of sp³-hybridized carbons (Fsp3) is 0.286. The normalized spacial score (nSPS) is 20.4. The summed E-state index contributed by atoms with van der Waals surface area (Å²) >= 11 is 0. The Morgan fingerprint density at radius 2 is 1.79 bits per heavy atom. The molecule has 2 aromatic rings. The fourth-order valence-electron chi connectivity index (χ4n) is 3.44. The van der Waals surface area contributed by atoms with Crippen LogP contribution in [0.1, 0.15) is 28.4 Å². The van der Waals surface area contributed by atoms with Crippen LogP contribution in [0.3, 0.4) is 0 Å². The van der Waals surface area contributed by atoms with Gasteiger partial charge in [0.15, 0.2) is 11.5 Å². The first kappa shape index (κ1) is 18.8. The Kier molecular flexibility index (Phi) is 4.62. The third kappa shape index (κ3) is 3.26. The molecule has 1 saturated heterocycles. The minimum Gasteiger partial charge on any atom is -0.486 e. The molecule has 0 saturated carbocycles. The van der Waals surface area contributed by atoms with Crippen molar-refractivity contribution in [2.24, 2.45) is 0 Å². The van der Waals surface area contributed by atoms with Crippen molar-refractivity contribution in [2.45, 2.75) is 19.0 Å². The van der Waals surface area contributed by atoms with Gasteiger partial charge in [-0.2, -0.15) is 0 Å². The van der Waals surface area contributed by atoms with E-state index in [0.717, 1.165) is 4.90 Å². The van der Waals surface area contributed by atoms with Crippen molar-refractivity contribution < 1.29 is 28.6 Å². The molecular weight excluding hydrogens is 376 g/mol. The number of carbonyl (C=O) groups excluding carboxylic acids is 3. The first-order valence-corrected chi connectivity index (χ1v) is 9.14. The van der Waals surface area contributed by atoms with E-state index in [1.165, 1.54) is 7.11 Å². The standard InChI is InChI=1S/C21H20N2O6/c1-21(15-7-8-16-17(11-15)29-10-9-28-16)19(25)23(20(26)22-21)12-13-3-5-14(6-4-13)18(24)27-2/h3-8,11H,9-10,12H2,1-2H3,(H,22,26)/t21-/m0/s1. The molecule has 1 N–H and O–H groups in total. The number of urea groups is 1. The van der Waals surface area contributed by atoms with Crippen molar-refractivity contribution in [2.75, 3.05) is 20.3 Å². The second kappa shape index (κ2) is 7.12. The molecule has 0 aliphatic carbocycles. The van der Waals surface area contributed by atoms with Crippen molar-refractivity contribution in [3.8, 4) is 11.5 Å². The van der Waals surface area contributed by atoms with Gasteiger partial charge in [-0.15, -0.1) is 0 Å². The third-order valence-electron chi connectivity index (χ3n) is 5.11. The second-order valence-electron chi connectivity index (χ2n) is 6.99. The maximum atomic E-state index is 13.1. The lowest BCUT2D eigenvalue weighted by Crippen LogP contribution is -2.41. The van der Waals surface area contributed by atoms with Gasteiger partial charge in [0, 0.05) is 0 Å². The molecule has 8 heteroatoms. The summed E-state index contributed by atoms with van der Waals surface area (Å²) in [5, 5.41) is 2.78. The highest BCUT2D eigenvalue weighted by Crippen LogP contribution is 2.37. The van der Waals surface area contributed by atoms with E-state index in [2.05, 4.69) is 10.1 Å². The van der Waals surface area contributed by atoms with E-state index in [1.807, 2.05) is 0 Å². The quantitative estimate of drug-likeness (QED) is 0.629. The molecule has 0 aromatic heterocycles. The first-order chi connectivity index (χ1) is 13.9. The molecule has 2 aliphatic rings. The summed E-state index contributed by atoms with van der Waals surface area (Å²) in [5.74, 6) is 0.353. The Morgan fingerprint density at radius 3 is 2.48 bits per heavy atom. The van der Waals surface area contributed by atoms with Crippen LogP contribution in [0.4, 0.5) is 4.79 Å². The average molecular weight is 396 g/mol. The van der Waals surface area contributed by atoms with Crippen molar-refractivity contribution in [1.82, 2.24) is 10.2 Å². The minimum absolute atomic E-state index is 0.0895. The molecule has 0 radical (unpaired) electrons. The zero-order chi connectivity index (χ0) is 20.6. The second-order valence-corrected chi connectivity index (χ2v) is 6.99. The Morgan fingerprint density at radius 1 is 1.10 bits per heavy atom. The van der Waals surface area contributed by atoms with E-state index in [9.17, 15) is 14.4 Å². The van der Waals surface area contributed by atoms with Crippen LogP contribution >= 0.6 is 0 Å². The largest absolute Gasteiger partial charge is 0.486 e. The number of imide groups is 1. The number of hydrogen-bond acceptors (Lipinski definition) is 6. The number of nitrogens with zero attached hydrogens (tertiary/aromatic N) is 1. The molecule has 2 heterocycles. The lowest BCUT2D eigenvalue weighted by molar-refractivity contribution is -0.131. The Hall–Kier alpha value is -3.55. The topological polar surface area (TPSA) is 94.2 Å². The molecular formula is C21H20N2O6. The third-order valence-corrected chi connectivity index (χ3v) is 5.11. The van der Waals surface area contributed by atoms with Crippen LogP contribution in [0.2, 0.25) is 0 Å². The van der Waals surface area contributed by atoms with Gasteiger partial charge >= 0.3 is 12.0 Å². The molecule has 1 atom stereocenters. The van der Waals surface area contributed by atoms with E-state index in [0.29, 0.717) is 41.4 Å². The predicted molar refractivity (Wildman–Crippen MR) is 102 cm³/mol. The van der Waals surface area contributed by atoms with Crippen molar-refractivity contribution in [1.29, 1.82) is 0 Å². The summed E-state index contributed by atoms with van der Waals surface area (Å²) in [6.07, 6.45) is 0. The van der Waals surface area contributed by atoms with Gasteiger partial charge in [0.05, 0.1) is 19.2 Å². The molecule has 0 unspecified atom stereocenters. The highest BCUT2D eigenvalue weighted by Gasteiger charge is 2.49. The van der Waals surface area contributed by atoms with E-state index in [1.54, 1.807) is 49.4 Å². The summed E-state index contributed by atoms with van der Waals surface area (Å²) in [5.41, 5.74) is 0.518. The van der Waals surface area contributed by atoms with Gasteiger partial charge in [-0.3, -0.25) is 9.69 Å². The molecule has 150 valence electrons. The van der Waals surface area contributed by atoms with Gasteiger partial charge in [0.1, 0.15) is 18.8 Å². The number of hydrogen-bond donors (Lipinski definition) is 1. The van der Waals surface area contributed by atoms with Crippen LogP contribution in [-0.2, 0) is 21.6 Å². The van der Waals surface area contributed by atoms with E-state index in [-0.39, 0.29) is 12.5 Å². The Bertz CT molecular complexity index is 987. The van der Waals surface area contributed by atoms with Crippen LogP contribution in [0, 0.1) is 0 Å². The number of benzene rings is 2. The molecule has 3 amide bonds. The number of amides is 3. The molecule has 8 nitrogen and oxygen atoms in total. The maximum Gasteiger partial charge on any atom is 0.337 e. The maximum absolute atomic E-state index is 13.1. The lowest BCUT2D eigenvalue weighted by Gasteiger charge is -2.25. The van der Waals surface area contributed by atoms with Crippen LogP contribution in [0.25, 0.3) is 0 Å². The molecule has 2 aliphatic heterocycles. The van der Waals surface area contributed by atoms with Gasteiger partial charge < -0.3 is 19.5 Å². The van der Waals surface area contributed by atoms with Crippen LogP contribution in [0.5, 0.6) is 11.5 Å². The number of esters is 1. The van der Waals surface area contributed by atoms with Gasteiger partial charge in [0.2, 0.25) is 0 Å². The Balaban J connectivity index is 1.56.